The first-order valence-corrected chi connectivity index (χ1v) is 22.9. The molecule has 2 aromatic rings. The molecule has 20 nitrogen and oxygen atoms in total. The Kier molecular flexibility index (Phi) is 23.2. The van der Waals surface area contributed by atoms with Crippen LogP contribution < -0.4 is 11.1 Å². The lowest BCUT2D eigenvalue weighted by Crippen LogP contribution is -2.46. The minimum Gasteiger partial charge on any atom is -0.478 e. The van der Waals surface area contributed by atoms with Gasteiger partial charge in [-0.25, -0.2) is 50.3 Å². The number of carboxylic acids is 2. The standard InChI is InChI=1S/C23H30F3N3O5.C18H22F3N3O3.C4H4O4.C2HF3O2/c1-23(2,3)34-21(31)27-15(7-14-8-17(25)18(26)10-16(14)24)9-20(30)29-6-5-13-11-28(12-19(13)29)22(32)33-4;1-27-18(26)23-8-10-2-3-24(16(10)9-23)17(25)6-12(22)4-11-5-14(20)15(21)7-13(11)19;5-3-8-2-1-4(6)7;3-2(4,5)1(6)7/h8,10,13,15,19H,5-7,9,11-12H2,1-4H3,(H,27,31);5,7,10,12,16H,2-4,6,8-9,22H2,1H3;1-3H,(H,6,7);(H,6,7)/b;;2-1+;/t13-,15+,19+;10-,12+,16+;;/m00../s1. The number of ether oxygens (including phenoxy) is 4. The zero-order valence-electron chi connectivity index (χ0n) is 41.6. The van der Waals surface area contributed by atoms with E-state index in [4.69, 9.17) is 35.0 Å². The fourth-order valence-electron chi connectivity index (χ4n) is 8.61. The van der Waals surface area contributed by atoms with Crippen LogP contribution in [0.2, 0.25) is 0 Å². The van der Waals surface area contributed by atoms with Crippen LogP contribution in [0.25, 0.3) is 0 Å². The molecule has 5 N–H and O–H groups in total. The second kappa shape index (κ2) is 28.0. The van der Waals surface area contributed by atoms with E-state index >= 15 is 0 Å². The molecule has 4 aliphatic rings. The van der Waals surface area contributed by atoms with E-state index in [9.17, 15) is 73.1 Å². The number of aliphatic carboxylic acids is 2. The van der Waals surface area contributed by atoms with Crippen molar-refractivity contribution in [2.45, 2.75) is 95.2 Å². The number of methoxy groups -OCH3 is 2. The van der Waals surface area contributed by atoms with Gasteiger partial charge in [0.2, 0.25) is 11.8 Å². The Labute approximate surface area is 428 Å². The van der Waals surface area contributed by atoms with Gasteiger partial charge in [0.1, 0.15) is 23.5 Å². The quantitative estimate of drug-likeness (QED) is 0.0526. The summed E-state index contributed by atoms with van der Waals surface area (Å²) in [5.41, 5.74) is 4.90. The number of nitrogens with zero attached hydrogens (tertiary/aromatic N) is 4. The highest BCUT2D eigenvalue weighted by molar-refractivity contribution is 5.80. The summed E-state index contributed by atoms with van der Waals surface area (Å²) in [5, 5.41) is 17.5. The van der Waals surface area contributed by atoms with Crippen molar-refractivity contribution in [3.8, 4) is 0 Å². The number of likely N-dealkylation sites (tertiary alicyclic amines) is 4. The van der Waals surface area contributed by atoms with Gasteiger partial charge in [-0.2, -0.15) is 13.2 Å². The van der Waals surface area contributed by atoms with E-state index in [0.717, 1.165) is 24.8 Å². The minimum absolute atomic E-state index is 0.0418. The molecule has 0 aliphatic carbocycles. The minimum atomic E-state index is -5.08. The second-order valence-corrected chi connectivity index (χ2v) is 18.5. The van der Waals surface area contributed by atoms with Crippen molar-refractivity contribution in [3.63, 3.8) is 0 Å². The zero-order chi connectivity index (χ0) is 57.4. The predicted octanol–water partition coefficient (Wildman–Crippen LogP) is 5.28. The van der Waals surface area contributed by atoms with Gasteiger partial charge in [0.15, 0.2) is 23.3 Å². The predicted molar refractivity (Wildman–Crippen MR) is 243 cm³/mol. The Hall–Kier alpha value is -7.33. The highest BCUT2D eigenvalue weighted by Crippen LogP contribution is 2.34. The average molecular weight is 1100 g/mol. The van der Waals surface area contributed by atoms with Crippen LogP contribution in [0.3, 0.4) is 0 Å². The van der Waals surface area contributed by atoms with Crippen LogP contribution in [-0.4, -0.2) is 168 Å². The Morgan fingerprint density at radius 1 is 0.697 bits per heavy atom. The lowest BCUT2D eigenvalue weighted by atomic mass is 10.0. The molecule has 4 heterocycles. The van der Waals surface area contributed by atoms with Crippen molar-refractivity contribution in [2.24, 2.45) is 17.6 Å². The van der Waals surface area contributed by atoms with Gasteiger partial charge in [-0.05, 0) is 69.7 Å². The smallest absolute Gasteiger partial charge is 0.478 e. The molecule has 422 valence electrons. The maximum absolute atomic E-state index is 14.3. The summed E-state index contributed by atoms with van der Waals surface area (Å²) < 4.78 is 132. The fourth-order valence-corrected chi connectivity index (χ4v) is 8.61. The molecule has 4 fully saturated rings. The average Bonchev–Trinajstić information content (AvgIpc) is 4.11. The van der Waals surface area contributed by atoms with Crippen LogP contribution in [0.4, 0.5) is 53.9 Å². The SMILES string of the molecule is COC(=O)N1C[C@@H]2CCN(C(=O)C[C@@H](Cc3cc(F)c(F)cc3F)NC(=O)OC(C)(C)C)[C@@H]2C1.COC(=O)N1C[C@@H]2CCN(C(=O)C[C@H](N)Cc3cc(F)c(F)cc3F)[C@@H]2C1.O=C(O)C(F)(F)F.O=CO/C=C/C(=O)O. The summed E-state index contributed by atoms with van der Waals surface area (Å²) in [5.74, 6) is -10.9. The number of carboxylic acid groups (broad SMARTS) is 2. The van der Waals surface area contributed by atoms with E-state index in [1.54, 1.807) is 40.4 Å². The lowest BCUT2D eigenvalue weighted by molar-refractivity contribution is -0.192. The summed E-state index contributed by atoms with van der Waals surface area (Å²) in [6.07, 6.45) is -4.34. The van der Waals surface area contributed by atoms with Gasteiger partial charge in [0.25, 0.3) is 6.47 Å². The van der Waals surface area contributed by atoms with Crippen LogP contribution in [0.1, 0.15) is 57.6 Å². The van der Waals surface area contributed by atoms with Crippen molar-refractivity contribution in [1.82, 2.24) is 24.9 Å². The third kappa shape index (κ3) is 19.1. The van der Waals surface area contributed by atoms with E-state index in [2.05, 4.69) is 10.1 Å². The molecule has 76 heavy (non-hydrogen) atoms. The first-order valence-electron chi connectivity index (χ1n) is 22.9. The Balaban J connectivity index is 0.000000320. The maximum Gasteiger partial charge on any atom is 0.490 e. The number of amides is 5. The van der Waals surface area contributed by atoms with Gasteiger partial charge >= 0.3 is 36.4 Å². The summed E-state index contributed by atoms with van der Waals surface area (Å²) in [4.78, 5) is 96.0. The topological polar surface area (TPSA) is 265 Å². The van der Waals surface area contributed by atoms with Crippen LogP contribution in [0, 0.1) is 46.7 Å². The van der Waals surface area contributed by atoms with E-state index in [-0.39, 0.29) is 79.0 Å². The van der Waals surface area contributed by atoms with Gasteiger partial charge in [-0.3, -0.25) is 14.4 Å². The van der Waals surface area contributed by atoms with Gasteiger partial charge in [0.05, 0.1) is 32.4 Å². The molecule has 29 heteroatoms. The molecule has 4 aliphatic heterocycles. The third-order valence-electron chi connectivity index (χ3n) is 11.9. The number of benzene rings is 2. The number of halogens is 9. The summed E-state index contributed by atoms with van der Waals surface area (Å²) in [6.45, 7) is 7.99. The summed E-state index contributed by atoms with van der Waals surface area (Å²) >= 11 is 0. The highest BCUT2D eigenvalue weighted by atomic mass is 19.4. The molecule has 6 rings (SSSR count). The van der Waals surface area contributed by atoms with Gasteiger partial charge in [-0.15, -0.1) is 0 Å². The Morgan fingerprint density at radius 2 is 1.12 bits per heavy atom. The first kappa shape index (κ1) is 63.0. The zero-order valence-corrected chi connectivity index (χ0v) is 41.6. The molecular formula is C47H57F9N6O14. The molecule has 5 amide bonds. The number of carbonyl (C=O) groups excluding carboxylic acids is 6. The molecule has 0 spiro atoms. The fraction of sp³-hybridized carbons (Fsp3) is 0.532. The van der Waals surface area contributed by atoms with Crippen molar-refractivity contribution in [1.29, 1.82) is 0 Å². The molecule has 0 aromatic heterocycles. The Morgan fingerprint density at radius 3 is 1.51 bits per heavy atom. The molecule has 2 aromatic carbocycles. The van der Waals surface area contributed by atoms with Crippen molar-refractivity contribution >= 4 is 48.5 Å². The van der Waals surface area contributed by atoms with Crippen molar-refractivity contribution < 1.29 is 107 Å². The number of alkyl halides is 3. The molecular weight excluding hydrogens is 1040 g/mol. The number of nitrogens with two attached hydrogens (primary N) is 1. The van der Waals surface area contributed by atoms with Crippen LogP contribution in [0.15, 0.2) is 36.6 Å². The van der Waals surface area contributed by atoms with E-state index in [0.29, 0.717) is 63.9 Å². The molecule has 6 atom stereocenters. The summed E-state index contributed by atoms with van der Waals surface area (Å²) in [7, 11) is 2.61. The first-order chi connectivity index (χ1) is 35.4. The van der Waals surface area contributed by atoms with Gasteiger partial charge in [-0.1, -0.05) is 0 Å². The summed E-state index contributed by atoms with van der Waals surface area (Å²) in [6, 6.07) is 0.472. The van der Waals surface area contributed by atoms with Gasteiger partial charge in [0, 0.05) is 88.2 Å². The van der Waals surface area contributed by atoms with Gasteiger partial charge < -0.3 is 59.8 Å². The number of fused-ring (bicyclic) bond motifs is 2. The maximum atomic E-state index is 14.3. The number of alkyl carbamates (subject to hydrolysis) is 1. The highest BCUT2D eigenvalue weighted by Gasteiger charge is 2.46. The van der Waals surface area contributed by atoms with E-state index in [1.807, 2.05) is 0 Å². The van der Waals surface area contributed by atoms with E-state index < -0.39 is 89.0 Å². The van der Waals surface area contributed by atoms with Crippen LogP contribution in [-0.2, 0) is 55.8 Å². The third-order valence-corrected chi connectivity index (χ3v) is 11.9. The normalized spacial score (nSPS) is 19.3. The lowest BCUT2D eigenvalue weighted by Gasteiger charge is -2.28. The second-order valence-electron chi connectivity index (χ2n) is 18.5. The van der Waals surface area contributed by atoms with Crippen molar-refractivity contribution in [2.75, 3.05) is 53.5 Å². The number of hydrogen-bond acceptors (Lipinski definition) is 13. The molecule has 0 unspecified atom stereocenters. The van der Waals surface area contributed by atoms with Crippen molar-refractivity contribution in [3.05, 3.63) is 82.6 Å². The van der Waals surface area contributed by atoms with Crippen LogP contribution >= 0.6 is 0 Å². The molecule has 0 saturated carbocycles. The molecule has 4 saturated heterocycles. The largest absolute Gasteiger partial charge is 0.490 e. The monoisotopic (exact) mass is 1100 g/mol. The van der Waals surface area contributed by atoms with E-state index in [1.165, 1.54) is 14.2 Å². The molecule has 0 radical (unpaired) electrons. The number of rotatable bonds is 12. The number of hydrogen-bond donors (Lipinski definition) is 4. The molecule has 0 bridgehead atoms. The van der Waals surface area contributed by atoms with Crippen LogP contribution in [0.5, 0.6) is 0 Å². The Bertz CT molecular complexity index is 2450. The number of carbonyl (C=O) groups is 8. The number of nitrogens with one attached hydrogen (secondary N) is 1.